The Hall–Kier alpha value is -2.57. The first-order valence-corrected chi connectivity index (χ1v) is 10.1. The molecule has 1 saturated heterocycles. The van der Waals surface area contributed by atoms with Gasteiger partial charge < -0.3 is 15.1 Å². The van der Waals surface area contributed by atoms with Gasteiger partial charge in [0, 0.05) is 49.4 Å². The van der Waals surface area contributed by atoms with Crippen LogP contribution in [0.4, 0.5) is 5.69 Å². The van der Waals surface area contributed by atoms with Crippen molar-refractivity contribution in [1.82, 2.24) is 9.80 Å². The van der Waals surface area contributed by atoms with Crippen LogP contribution in [-0.4, -0.2) is 53.7 Å². The molecular weight excluding hydrogens is 413 g/mol. The number of halogens is 2. The monoisotopic (exact) mass is 431 g/mol. The number of carbonyl (C=O) groups is 3. The molecule has 1 fully saturated rings. The second kappa shape index (κ2) is 8.05. The molecule has 4 rings (SSSR count). The minimum Gasteiger partial charge on any atom is -0.335 e. The van der Waals surface area contributed by atoms with Crippen LogP contribution < -0.4 is 5.32 Å². The zero-order valence-corrected chi connectivity index (χ0v) is 17.1. The molecule has 2 aliphatic rings. The van der Waals surface area contributed by atoms with Crippen LogP contribution in [0.1, 0.15) is 32.7 Å². The Kier molecular flexibility index (Phi) is 5.48. The molecule has 2 aromatic carbocycles. The van der Waals surface area contributed by atoms with Crippen molar-refractivity contribution < 1.29 is 14.4 Å². The number of aryl methyl sites for hydroxylation is 1. The number of hydrogen-bond donors (Lipinski definition) is 1. The van der Waals surface area contributed by atoms with E-state index in [4.69, 9.17) is 23.2 Å². The van der Waals surface area contributed by atoms with Crippen molar-refractivity contribution in [2.24, 2.45) is 0 Å². The van der Waals surface area contributed by atoms with Gasteiger partial charge in [-0.1, -0.05) is 23.2 Å². The third kappa shape index (κ3) is 4.09. The van der Waals surface area contributed by atoms with E-state index in [1.54, 1.807) is 40.1 Å². The van der Waals surface area contributed by atoms with Gasteiger partial charge in [0.25, 0.3) is 11.8 Å². The van der Waals surface area contributed by atoms with Gasteiger partial charge in [0.05, 0.1) is 10.0 Å². The molecule has 0 unspecified atom stereocenters. The summed E-state index contributed by atoms with van der Waals surface area (Å²) in [6.07, 6.45) is 1.06. The predicted octanol–water partition coefficient (Wildman–Crippen LogP) is 3.48. The zero-order valence-electron chi connectivity index (χ0n) is 15.6. The van der Waals surface area contributed by atoms with E-state index < -0.39 is 0 Å². The molecule has 3 amide bonds. The fourth-order valence-electron chi connectivity index (χ4n) is 3.62. The van der Waals surface area contributed by atoms with Crippen molar-refractivity contribution in [2.75, 3.05) is 31.5 Å². The summed E-state index contributed by atoms with van der Waals surface area (Å²) < 4.78 is 0. The molecule has 150 valence electrons. The third-order valence-electron chi connectivity index (χ3n) is 5.27. The van der Waals surface area contributed by atoms with Crippen molar-refractivity contribution in [3.05, 3.63) is 63.1 Å². The zero-order chi connectivity index (χ0) is 20.5. The van der Waals surface area contributed by atoms with Crippen LogP contribution in [0.25, 0.3) is 0 Å². The number of carbonyl (C=O) groups excluding carboxylic acids is 3. The van der Waals surface area contributed by atoms with E-state index in [0.717, 1.165) is 11.3 Å². The fourth-order valence-corrected chi connectivity index (χ4v) is 3.92. The lowest BCUT2D eigenvalue weighted by molar-refractivity contribution is -0.116. The molecule has 0 atom stereocenters. The van der Waals surface area contributed by atoms with Crippen LogP contribution >= 0.6 is 23.2 Å². The van der Waals surface area contributed by atoms with Crippen LogP contribution in [0.15, 0.2) is 36.4 Å². The molecule has 0 saturated carbocycles. The summed E-state index contributed by atoms with van der Waals surface area (Å²) in [5.74, 6) is -0.189. The molecule has 1 N–H and O–H groups in total. The largest absolute Gasteiger partial charge is 0.335 e. The number of anilines is 1. The maximum Gasteiger partial charge on any atom is 0.254 e. The van der Waals surface area contributed by atoms with Gasteiger partial charge in [-0.25, -0.2) is 0 Å². The van der Waals surface area contributed by atoms with Gasteiger partial charge >= 0.3 is 0 Å². The molecule has 29 heavy (non-hydrogen) atoms. The first kappa shape index (κ1) is 19.7. The van der Waals surface area contributed by atoms with Gasteiger partial charge in [0.2, 0.25) is 5.91 Å². The average Bonchev–Trinajstić information content (AvgIpc) is 2.74. The molecule has 0 spiro atoms. The second-order valence-corrected chi connectivity index (χ2v) is 7.95. The number of nitrogens with one attached hydrogen (secondary N) is 1. The van der Waals surface area contributed by atoms with Gasteiger partial charge in [-0.05, 0) is 48.4 Å². The summed E-state index contributed by atoms with van der Waals surface area (Å²) >= 11 is 11.9. The molecule has 0 bridgehead atoms. The number of rotatable bonds is 2. The molecule has 0 radical (unpaired) electrons. The molecule has 0 aliphatic carbocycles. The highest BCUT2D eigenvalue weighted by Gasteiger charge is 2.26. The van der Waals surface area contributed by atoms with E-state index in [9.17, 15) is 14.4 Å². The summed E-state index contributed by atoms with van der Waals surface area (Å²) in [5.41, 5.74) is 2.83. The van der Waals surface area contributed by atoms with Crippen molar-refractivity contribution >= 4 is 46.6 Å². The summed E-state index contributed by atoms with van der Waals surface area (Å²) in [6.45, 7) is 1.82. The summed E-state index contributed by atoms with van der Waals surface area (Å²) in [6, 6.07) is 10.2. The Morgan fingerprint density at radius 2 is 1.38 bits per heavy atom. The van der Waals surface area contributed by atoms with Crippen molar-refractivity contribution in [1.29, 1.82) is 0 Å². The molecule has 2 aromatic rings. The minimum absolute atomic E-state index is 0.000611. The first-order valence-electron chi connectivity index (χ1n) is 9.39. The number of hydrogen-bond acceptors (Lipinski definition) is 3. The normalized spacial score (nSPS) is 16.3. The molecule has 2 heterocycles. The molecule has 6 nitrogen and oxygen atoms in total. The molecule has 8 heteroatoms. The average molecular weight is 432 g/mol. The van der Waals surface area contributed by atoms with E-state index in [0.29, 0.717) is 60.2 Å². The lowest BCUT2D eigenvalue weighted by Gasteiger charge is -2.35. The smallest absolute Gasteiger partial charge is 0.254 e. The van der Waals surface area contributed by atoms with Crippen molar-refractivity contribution in [3.63, 3.8) is 0 Å². The van der Waals surface area contributed by atoms with Gasteiger partial charge in [-0.15, -0.1) is 0 Å². The number of piperazine rings is 1. The number of nitrogens with zero attached hydrogens (tertiary/aromatic N) is 2. The second-order valence-electron chi connectivity index (χ2n) is 7.13. The quantitative estimate of drug-likeness (QED) is 0.790. The maximum atomic E-state index is 12.9. The van der Waals surface area contributed by atoms with Crippen LogP contribution in [0.3, 0.4) is 0 Å². The van der Waals surface area contributed by atoms with E-state index in [1.165, 1.54) is 0 Å². The molecular formula is C21H19Cl2N3O3. The van der Waals surface area contributed by atoms with Crippen LogP contribution in [0.2, 0.25) is 10.0 Å². The Balaban J connectivity index is 1.40. The van der Waals surface area contributed by atoms with E-state index in [-0.39, 0.29) is 17.7 Å². The number of benzene rings is 2. The summed E-state index contributed by atoms with van der Waals surface area (Å²) in [4.78, 5) is 40.5. The first-order chi connectivity index (χ1) is 13.9. The van der Waals surface area contributed by atoms with Gasteiger partial charge in [-0.2, -0.15) is 0 Å². The fraction of sp³-hybridized carbons (Fsp3) is 0.286. The predicted molar refractivity (Wildman–Crippen MR) is 112 cm³/mol. The summed E-state index contributed by atoms with van der Waals surface area (Å²) in [5, 5.41) is 3.57. The minimum atomic E-state index is -0.125. The highest BCUT2D eigenvalue weighted by molar-refractivity contribution is 6.42. The van der Waals surface area contributed by atoms with Crippen LogP contribution in [-0.2, 0) is 11.2 Å². The van der Waals surface area contributed by atoms with E-state index >= 15 is 0 Å². The number of amides is 3. The topological polar surface area (TPSA) is 69.7 Å². The number of fused-ring (bicyclic) bond motifs is 1. The van der Waals surface area contributed by atoms with E-state index in [1.807, 2.05) is 6.07 Å². The Labute approximate surface area is 178 Å². The van der Waals surface area contributed by atoms with Gasteiger partial charge in [0.1, 0.15) is 0 Å². The van der Waals surface area contributed by atoms with Crippen molar-refractivity contribution in [3.8, 4) is 0 Å². The highest BCUT2D eigenvalue weighted by atomic mass is 35.5. The molecule has 2 aliphatic heterocycles. The summed E-state index contributed by atoms with van der Waals surface area (Å²) in [7, 11) is 0. The lowest BCUT2D eigenvalue weighted by Crippen LogP contribution is -2.50. The Bertz CT molecular complexity index is 1000. The maximum absolute atomic E-state index is 12.9. The standard InChI is InChI=1S/C21H19Cl2N3O3/c22-16-4-1-15(12-17(16)23)21(29)26-9-7-25(8-10-26)20(28)14-2-5-18-13(11-14)3-6-19(27)24-18/h1-2,4-5,11-12H,3,6-10H2,(H,24,27). The Morgan fingerprint density at radius 1 is 0.793 bits per heavy atom. The SMILES string of the molecule is O=C1CCc2cc(C(=O)N3CCN(C(=O)c4ccc(Cl)c(Cl)c4)CC3)ccc2N1. The van der Waals surface area contributed by atoms with Gasteiger partial charge in [-0.3, -0.25) is 14.4 Å². The van der Waals surface area contributed by atoms with Crippen molar-refractivity contribution in [2.45, 2.75) is 12.8 Å². The van der Waals surface area contributed by atoms with Gasteiger partial charge in [0.15, 0.2) is 0 Å². The molecule has 0 aromatic heterocycles. The van der Waals surface area contributed by atoms with E-state index in [2.05, 4.69) is 5.32 Å². The highest BCUT2D eigenvalue weighted by Crippen LogP contribution is 2.25. The van der Waals surface area contributed by atoms with Crippen LogP contribution in [0, 0.1) is 0 Å². The lowest BCUT2D eigenvalue weighted by atomic mass is 10.00. The van der Waals surface area contributed by atoms with Crippen LogP contribution in [0.5, 0.6) is 0 Å². The Morgan fingerprint density at radius 3 is 2.00 bits per heavy atom. The third-order valence-corrected chi connectivity index (χ3v) is 6.01.